The molecule has 1 aromatic rings. The van der Waals surface area contributed by atoms with Crippen LogP contribution >= 0.6 is 11.8 Å². The van der Waals surface area contributed by atoms with E-state index in [-0.39, 0.29) is 44.4 Å². The van der Waals surface area contributed by atoms with Crippen molar-refractivity contribution in [3.63, 3.8) is 0 Å². The third kappa shape index (κ3) is 9.00. The van der Waals surface area contributed by atoms with E-state index in [1.807, 2.05) is 6.92 Å². The maximum absolute atomic E-state index is 13.4. The van der Waals surface area contributed by atoms with Gasteiger partial charge in [-0.2, -0.15) is 0 Å². The van der Waals surface area contributed by atoms with E-state index in [1.165, 1.54) is 23.6 Å². The summed E-state index contributed by atoms with van der Waals surface area (Å²) in [6.07, 6.45) is -0.0635. The molecule has 2 aliphatic heterocycles. The molecule has 0 aromatic heterocycles. The van der Waals surface area contributed by atoms with E-state index < -0.39 is 59.4 Å². The first-order chi connectivity index (χ1) is 20.4. The van der Waals surface area contributed by atoms with Crippen molar-refractivity contribution in [3.8, 4) is 0 Å². The van der Waals surface area contributed by atoms with Gasteiger partial charge in [0.15, 0.2) is 0 Å². The number of rotatable bonds is 14. The zero-order valence-electron chi connectivity index (χ0n) is 24.0. The van der Waals surface area contributed by atoms with Gasteiger partial charge in [-0.25, -0.2) is 0 Å². The van der Waals surface area contributed by atoms with Crippen LogP contribution in [0, 0.1) is 0 Å². The Bertz CT molecular complexity index is 1240. The van der Waals surface area contributed by atoms with E-state index in [0.29, 0.717) is 29.8 Å². The number of hydrogen-bond donors (Lipinski definition) is 5. The summed E-state index contributed by atoms with van der Waals surface area (Å²) in [5.74, 6) is -4.03. The van der Waals surface area contributed by atoms with Gasteiger partial charge in [0.25, 0.3) is 0 Å². The summed E-state index contributed by atoms with van der Waals surface area (Å²) in [6, 6.07) is 2.95. The summed E-state index contributed by atoms with van der Waals surface area (Å²) < 4.78 is 0. The molecule has 3 rings (SSSR count). The largest absolute Gasteiger partial charge is 0.481 e. The van der Waals surface area contributed by atoms with Gasteiger partial charge in [-0.05, 0) is 43.2 Å². The molecule has 1 aromatic carbocycles. The molecule has 0 spiro atoms. The molecule has 0 saturated carbocycles. The van der Waals surface area contributed by atoms with Gasteiger partial charge in [0.1, 0.15) is 18.1 Å². The predicted octanol–water partition coefficient (Wildman–Crippen LogP) is -0.157. The lowest BCUT2D eigenvalue weighted by molar-refractivity contribution is -0.145. The van der Waals surface area contributed by atoms with Crippen LogP contribution in [-0.4, -0.2) is 104 Å². The zero-order chi connectivity index (χ0) is 31.7. The number of carbonyl (C=O) groups is 7. The highest BCUT2D eigenvalue weighted by molar-refractivity contribution is 8.00. The standard InChI is InChI=1S/C28H37N5O9S/c1-3-43-21-14-23(36)33(28(21)42)12-10-22(35)29-16(2)25(39)31-19(13-24(37)38)27(41)32-11-4-5-20(32)26(40)30-18-8-6-17(15-34)7-9-18/h6-9,16,19-21,34H,3-5,10-15H2,1-2H3,(H,29,35)(H,30,40)(H,31,39)(H,37,38)/t16-,19-,20-,21?/m0/s1. The van der Waals surface area contributed by atoms with Gasteiger partial charge < -0.3 is 31.1 Å². The van der Waals surface area contributed by atoms with E-state index in [0.717, 1.165) is 4.90 Å². The number of amides is 6. The Labute approximate surface area is 252 Å². The summed E-state index contributed by atoms with van der Waals surface area (Å²) >= 11 is 1.36. The van der Waals surface area contributed by atoms with Crippen molar-refractivity contribution in [1.82, 2.24) is 20.4 Å². The minimum Gasteiger partial charge on any atom is -0.481 e. The molecular formula is C28H37N5O9S. The first kappa shape index (κ1) is 33.5. The number of thioether (sulfide) groups is 1. The second-order valence-corrected chi connectivity index (χ2v) is 11.7. The number of hydrogen-bond acceptors (Lipinski definition) is 9. The highest BCUT2D eigenvalue weighted by atomic mass is 32.2. The number of aliphatic hydroxyl groups is 1. The van der Waals surface area contributed by atoms with Gasteiger partial charge in [-0.15, -0.1) is 11.8 Å². The van der Waals surface area contributed by atoms with Crippen LogP contribution in [0.1, 0.15) is 51.5 Å². The fraction of sp³-hybridized carbons (Fsp3) is 0.536. The molecule has 234 valence electrons. The Hall–Kier alpha value is -3.98. The summed E-state index contributed by atoms with van der Waals surface area (Å²) in [6.45, 7) is 3.12. The molecule has 1 unspecified atom stereocenters. The van der Waals surface area contributed by atoms with Gasteiger partial charge in [0, 0.05) is 31.6 Å². The fourth-order valence-electron chi connectivity index (χ4n) is 4.91. The second kappa shape index (κ2) is 15.5. The Kier molecular flexibility index (Phi) is 12.1. The molecule has 0 bridgehead atoms. The molecule has 2 fully saturated rings. The molecular weight excluding hydrogens is 582 g/mol. The molecule has 14 nitrogen and oxygen atoms in total. The monoisotopic (exact) mass is 619 g/mol. The number of benzene rings is 1. The minimum absolute atomic E-state index is 0.0774. The van der Waals surface area contributed by atoms with Crippen LogP contribution in [0.4, 0.5) is 5.69 Å². The molecule has 2 heterocycles. The van der Waals surface area contributed by atoms with Gasteiger partial charge in [-0.3, -0.25) is 38.5 Å². The number of imide groups is 1. The van der Waals surface area contributed by atoms with Gasteiger partial charge >= 0.3 is 5.97 Å². The number of carboxylic acids is 1. The number of carboxylic acid groups (broad SMARTS) is 1. The molecule has 6 amide bonds. The van der Waals surface area contributed by atoms with Crippen molar-refractivity contribution < 1.29 is 43.8 Å². The van der Waals surface area contributed by atoms with E-state index >= 15 is 0 Å². The van der Waals surface area contributed by atoms with Crippen LogP contribution in [-0.2, 0) is 40.2 Å². The maximum atomic E-state index is 13.4. The quantitative estimate of drug-likeness (QED) is 0.174. The number of nitrogens with one attached hydrogen (secondary N) is 3. The SMILES string of the molecule is CCSC1CC(=O)N(CCC(=O)N[C@@H](C)C(=O)N[C@@H](CC(=O)O)C(=O)N2CCC[C@H]2C(=O)Nc2ccc(CO)cc2)C1=O. The third-order valence-corrected chi connectivity index (χ3v) is 8.24. The van der Waals surface area contributed by atoms with Crippen LogP contribution in [0.25, 0.3) is 0 Å². The topological polar surface area (TPSA) is 203 Å². The van der Waals surface area contributed by atoms with E-state index in [2.05, 4.69) is 16.0 Å². The molecule has 5 N–H and O–H groups in total. The smallest absolute Gasteiger partial charge is 0.305 e. The van der Waals surface area contributed by atoms with Crippen molar-refractivity contribution in [3.05, 3.63) is 29.8 Å². The van der Waals surface area contributed by atoms with Crippen LogP contribution in [0.15, 0.2) is 24.3 Å². The van der Waals surface area contributed by atoms with Gasteiger partial charge in [0.2, 0.25) is 35.4 Å². The second-order valence-electron chi connectivity index (χ2n) is 10.3. The fourth-order valence-corrected chi connectivity index (χ4v) is 5.84. The van der Waals surface area contributed by atoms with Gasteiger partial charge in [-0.1, -0.05) is 19.1 Å². The van der Waals surface area contributed by atoms with Crippen LogP contribution in [0.2, 0.25) is 0 Å². The maximum Gasteiger partial charge on any atom is 0.305 e. The van der Waals surface area contributed by atoms with E-state index in [9.17, 15) is 43.8 Å². The average Bonchev–Trinajstić information content (AvgIpc) is 3.56. The summed E-state index contributed by atoms with van der Waals surface area (Å²) in [5, 5.41) is 25.7. The Morgan fingerprint density at radius 1 is 1.09 bits per heavy atom. The lowest BCUT2D eigenvalue weighted by Crippen LogP contribution is -2.56. The lowest BCUT2D eigenvalue weighted by Gasteiger charge is -2.29. The Morgan fingerprint density at radius 2 is 1.79 bits per heavy atom. The lowest BCUT2D eigenvalue weighted by atomic mass is 10.1. The van der Waals surface area contributed by atoms with Crippen molar-refractivity contribution in [2.45, 2.75) is 75.9 Å². The first-order valence-corrected chi connectivity index (χ1v) is 15.1. The normalized spacial score (nSPS) is 19.6. The zero-order valence-corrected chi connectivity index (χ0v) is 24.9. The molecule has 0 radical (unpaired) electrons. The number of aliphatic hydroxyl groups excluding tert-OH is 1. The van der Waals surface area contributed by atoms with Crippen molar-refractivity contribution in [2.24, 2.45) is 0 Å². The minimum atomic E-state index is -1.49. The highest BCUT2D eigenvalue weighted by Gasteiger charge is 2.40. The number of likely N-dealkylation sites (tertiary alicyclic amines) is 2. The number of aliphatic carboxylic acids is 1. The summed E-state index contributed by atoms with van der Waals surface area (Å²) in [5.41, 5.74) is 1.12. The molecule has 4 atom stereocenters. The molecule has 15 heteroatoms. The van der Waals surface area contributed by atoms with Crippen LogP contribution < -0.4 is 16.0 Å². The van der Waals surface area contributed by atoms with Crippen LogP contribution in [0.5, 0.6) is 0 Å². The first-order valence-electron chi connectivity index (χ1n) is 14.0. The van der Waals surface area contributed by atoms with E-state index in [1.54, 1.807) is 24.3 Å². The van der Waals surface area contributed by atoms with Crippen LogP contribution in [0.3, 0.4) is 0 Å². The highest BCUT2D eigenvalue weighted by Crippen LogP contribution is 2.25. The summed E-state index contributed by atoms with van der Waals surface area (Å²) in [4.78, 5) is 90.1. The molecule has 2 saturated heterocycles. The van der Waals surface area contributed by atoms with E-state index in [4.69, 9.17) is 0 Å². The molecule has 0 aliphatic carbocycles. The predicted molar refractivity (Wildman–Crippen MR) is 155 cm³/mol. The number of carbonyl (C=O) groups excluding carboxylic acids is 6. The molecule has 2 aliphatic rings. The number of anilines is 1. The van der Waals surface area contributed by atoms with Crippen molar-refractivity contribution >= 4 is 58.9 Å². The third-order valence-electron chi connectivity index (χ3n) is 7.14. The van der Waals surface area contributed by atoms with Crippen molar-refractivity contribution in [1.29, 1.82) is 0 Å². The average molecular weight is 620 g/mol. The number of nitrogens with zero attached hydrogens (tertiary/aromatic N) is 2. The Balaban J connectivity index is 1.57. The Morgan fingerprint density at radius 3 is 2.42 bits per heavy atom. The van der Waals surface area contributed by atoms with Gasteiger partial charge in [0.05, 0.1) is 18.3 Å². The van der Waals surface area contributed by atoms with Crippen molar-refractivity contribution in [2.75, 3.05) is 24.2 Å². The molecule has 43 heavy (non-hydrogen) atoms. The summed E-state index contributed by atoms with van der Waals surface area (Å²) in [7, 11) is 0.